The van der Waals surface area contributed by atoms with Crippen molar-refractivity contribution in [1.82, 2.24) is 4.90 Å². The molecular formula is C16H24N2S. The average molecular weight is 276 g/mol. The van der Waals surface area contributed by atoms with Gasteiger partial charge in [-0.1, -0.05) is 25.1 Å². The average Bonchev–Trinajstić information content (AvgIpc) is 2.76. The minimum Gasteiger partial charge on any atom is -0.326 e. The van der Waals surface area contributed by atoms with Crippen LogP contribution in [0.3, 0.4) is 0 Å². The fraction of sp³-hybridized carbons (Fsp3) is 0.500. The lowest BCUT2D eigenvalue weighted by molar-refractivity contribution is 0.214. The van der Waals surface area contributed by atoms with E-state index in [-0.39, 0.29) is 0 Å². The minimum atomic E-state index is 0.573. The summed E-state index contributed by atoms with van der Waals surface area (Å²) in [5.41, 5.74) is 7.37. The molecule has 0 atom stereocenters. The Bertz CT molecular complexity index is 531. The van der Waals surface area contributed by atoms with Crippen LogP contribution in [0.25, 0.3) is 10.1 Å². The van der Waals surface area contributed by atoms with Gasteiger partial charge < -0.3 is 5.73 Å². The van der Waals surface area contributed by atoms with Crippen molar-refractivity contribution in [2.24, 2.45) is 5.73 Å². The van der Waals surface area contributed by atoms with Crippen LogP contribution in [0.2, 0.25) is 0 Å². The van der Waals surface area contributed by atoms with Gasteiger partial charge in [0.25, 0.3) is 0 Å². The molecule has 0 aliphatic rings. The molecule has 1 heterocycles. The van der Waals surface area contributed by atoms with Crippen LogP contribution in [0.4, 0.5) is 0 Å². The molecule has 2 rings (SSSR count). The lowest BCUT2D eigenvalue weighted by Crippen LogP contribution is -2.31. The van der Waals surface area contributed by atoms with Crippen LogP contribution in [0.1, 0.15) is 37.6 Å². The SMILES string of the molecule is CCCN(Cc1c(CN)sc2ccccc12)C(C)C. The van der Waals surface area contributed by atoms with E-state index >= 15 is 0 Å². The van der Waals surface area contributed by atoms with Gasteiger partial charge in [0.1, 0.15) is 0 Å². The molecule has 1 aromatic carbocycles. The Hall–Kier alpha value is -0.900. The highest BCUT2D eigenvalue weighted by Gasteiger charge is 2.15. The summed E-state index contributed by atoms with van der Waals surface area (Å²) in [6, 6.07) is 9.23. The molecule has 104 valence electrons. The minimum absolute atomic E-state index is 0.573. The summed E-state index contributed by atoms with van der Waals surface area (Å²) >= 11 is 1.84. The number of hydrogen-bond acceptors (Lipinski definition) is 3. The third-order valence-corrected chi connectivity index (χ3v) is 4.81. The zero-order valence-corrected chi connectivity index (χ0v) is 13.0. The zero-order chi connectivity index (χ0) is 13.8. The fourth-order valence-electron chi connectivity index (χ4n) is 2.50. The second-order valence-corrected chi connectivity index (χ2v) is 6.41. The van der Waals surface area contributed by atoms with E-state index < -0.39 is 0 Å². The van der Waals surface area contributed by atoms with Crippen LogP contribution >= 0.6 is 11.3 Å². The molecule has 2 nitrogen and oxygen atoms in total. The normalized spacial score (nSPS) is 11.9. The summed E-state index contributed by atoms with van der Waals surface area (Å²) in [7, 11) is 0. The van der Waals surface area contributed by atoms with Crippen molar-refractivity contribution in [2.75, 3.05) is 6.54 Å². The predicted octanol–water partition coefficient (Wildman–Crippen LogP) is 3.98. The Morgan fingerprint density at radius 1 is 1.26 bits per heavy atom. The standard InChI is InChI=1S/C16H24N2S/c1-4-9-18(12(2)3)11-14-13-7-5-6-8-15(13)19-16(14)10-17/h5-8,12H,4,9-11,17H2,1-3H3. The number of rotatable bonds is 6. The van der Waals surface area contributed by atoms with Crippen molar-refractivity contribution >= 4 is 21.4 Å². The molecule has 0 radical (unpaired) electrons. The summed E-state index contributed by atoms with van der Waals surface area (Å²) in [6.07, 6.45) is 1.19. The summed E-state index contributed by atoms with van der Waals surface area (Å²) < 4.78 is 1.36. The van der Waals surface area contributed by atoms with Crippen LogP contribution in [-0.2, 0) is 13.1 Å². The maximum atomic E-state index is 5.93. The van der Waals surface area contributed by atoms with E-state index in [1.165, 1.54) is 26.9 Å². The van der Waals surface area contributed by atoms with Gasteiger partial charge in [-0.2, -0.15) is 0 Å². The van der Waals surface area contributed by atoms with Crippen LogP contribution in [0.15, 0.2) is 24.3 Å². The van der Waals surface area contributed by atoms with Crippen molar-refractivity contribution in [3.05, 3.63) is 34.7 Å². The first kappa shape index (κ1) is 14.5. The molecule has 0 unspecified atom stereocenters. The van der Waals surface area contributed by atoms with Crippen LogP contribution in [0, 0.1) is 0 Å². The van der Waals surface area contributed by atoms with Gasteiger partial charge in [-0.3, -0.25) is 4.90 Å². The number of benzene rings is 1. The maximum Gasteiger partial charge on any atom is 0.0349 e. The molecule has 0 aliphatic carbocycles. The van der Waals surface area contributed by atoms with Crippen molar-refractivity contribution in [3.8, 4) is 0 Å². The summed E-state index contributed by atoms with van der Waals surface area (Å²) in [5.74, 6) is 0. The second-order valence-electron chi connectivity index (χ2n) is 5.27. The van der Waals surface area contributed by atoms with E-state index in [2.05, 4.69) is 49.9 Å². The van der Waals surface area contributed by atoms with Crippen molar-refractivity contribution in [1.29, 1.82) is 0 Å². The molecule has 0 aliphatic heterocycles. The Labute approximate surface area is 120 Å². The van der Waals surface area contributed by atoms with Gasteiger partial charge in [-0.25, -0.2) is 0 Å². The molecule has 0 amide bonds. The molecule has 1 aromatic heterocycles. The maximum absolute atomic E-state index is 5.93. The van der Waals surface area contributed by atoms with Gasteiger partial charge in [-0.05, 0) is 43.8 Å². The highest BCUT2D eigenvalue weighted by atomic mass is 32.1. The highest BCUT2D eigenvalue weighted by molar-refractivity contribution is 7.19. The molecule has 0 fully saturated rings. The van der Waals surface area contributed by atoms with Crippen LogP contribution < -0.4 is 5.73 Å². The Morgan fingerprint density at radius 2 is 2.00 bits per heavy atom. The first-order valence-electron chi connectivity index (χ1n) is 7.10. The number of hydrogen-bond donors (Lipinski definition) is 1. The van der Waals surface area contributed by atoms with Crippen molar-refractivity contribution in [2.45, 2.75) is 46.3 Å². The monoisotopic (exact) mass is 276 g/mol. The smallest absolute Gasteiger partial charge is 0.0349 e. The van der Waals surface area contributed by atoms with E-state index in [0.717, 1.165) is 13.1 Å². The Morgan fingerprint density at radius 3 is 2.63 bits per heavy atom. The summed E-state index contributed by atoms with van der Waals surface area (Å²) in [5, 5.41) is 1.38. The lowest BCUT2D eigenvalue weighted by Gasteiger charge is -2.26. The van der Waals surface area contributed by atoms with E-state index in [1.807, 2.05) is 11.3 Å². The van der Waals surface area contributed by atoms with E-state index in [0.29, 0.717) is 12.6 Å². The summed E-state index contributed by atoms with van der Waals surface area (Å²) in [6.45, 7) is 9.59. The molecule has 2 aromatic rings. The molecule has 3 heteroatoms. The van der Waals surface area contributed by atoms with Crippen LogP contribution in [0.5, 0.6) is 0 Å². The molecule has 0 saturated heterocycles. The number of nitrogens with zero attached hydrogens (tertiary/aromatic N) is 1. The Kier molecular flexibility index (Phi) is 4.97. The van der Waals surface area contributed by atoms with Gasteiger partial charge in [0.2, 0.25) is 0 Å². The number of nitrogens with two attached hydrogens (primary N) is 1. The topological polar surface area (TPSA) is 29.3 Å². The second kappa shape index (κ2) is 6.51. The molecule has 19 heavy (non-hydrogen) atoms. The van der Waals surface area contributed by atoms with Gasteiger partial charge in [-0.15, -0.1) is 11.3 Å². The quantitative estimate of drug-likeness (QED) is 0.864. The third-order valence-electron chi connectivity index (χ3n) is 3.57. The number of thiophene rings is 1. The molecular weight excluding hydrogens is 252 g/mol. The molecule has 0 bridgehead atoms. The third kappa shape index (κ3) is 3.16. The van der Waals surface area contributed by atoms with E-state index in [1.54, 1.807) is 0 Å². The van der Waals surface area contributed by atoms with Gasteiger partial charge in [0.05, 0.1) is 0 Å². The molecule has 0 spiro atoms. The van der Waals surface area contributed by atoms with Gasteiger partial charge in [0.15, 0.2) is 0 Å². The lowest BCUT2D eigenvalue weighted by atomic mass is 10.1. The van der Waals surface area contributed by atoms with Gasteiger partial charge >= 0.3 is 0 Å². The summed E-state index contributed by atoms with van der Waals surface area (Å²) in [4.78, 5) is 3.87. The Balaban J connectivity index is 2.37. The van der Waals surface area contributed by atoms with Crippen molar-refractivity contribution in [3.63, 3.8) is 0 Å². The van der Waals surface area contributed by atoms with E-state index in [9.17, 15) is 0 Å². The fourth-order valence-corrected chi connectivity index (χ4v) is 3.59. The van der Waals surface area contributed by atoms with Crippen molar-refractivity contribution < 1.29 is 0 Å². The van der Waals surface area contributed by atoms with E-state index in [4.69, 9.17) is 5.73 Å². The largest absolute Gasteiger partial charge is 0.326 e. The van der Waals surface area contributed by atoms with Gasteiger partial charge in [0, 0.05) is 28.7 Å². The predicted molar refractivity (Wildman–Crippen MR) is 85.6 cm³/mol. The first-order chi connectivity index (χ1) is 9.17. The first-order valence-corrected chi connectivity index (χ1v) is 7.92. The molecule has 2 N–H and O–H groups in total. The number of fused-ring (bicyclic) bond motifs is 1. The molecule has 0 saturated carbocycles. The highest BCUT2D eigenvalue weighted by Crippen LogP contribution is 2.32. The zero-order valence-electron chi connectivity index (χ0n) is 12.1. The van der Waals surface area contributed by atoms with Crippen LogP contribution in [-0.4, -0.2) is 17.5 Å².